The van der Waals surface area contributed by atoms with Crippen molar-refractivity contribution in [2.75, 3.05) is 26.7 Å². The van der Waals surface area contributed by atoms with Crippen LogP contribution in [0.5, 0.6) is 0 Å². The third-order valence-corrected chi connectivity index (χ3v) is 2.25. The normalized spacial score (nSPS) is 24.3. The molecule has 1 heterocycles. The first-order valence-electron chi connectivity index (χ1n) is 4.56. The molecule has 0 aliphatic carbocycles. The average molecular weight is 171 g/mol. The van der Waals surface area contributed by atoms with Gasteiger partial charge < -0.3 is 9.64 Å². The molecule has 0 spiro atoms. The van der Waals surface area contributed by atoms with Crippen LogP contribution in [0.2, 0.25) is 0 Å². The van der Waals surface area contributed by atoms with Crippen LogP contribution in [0, 0.1) is 5.92 Å². The van der Waals surface area contributed by atoms with Gasteiger partial charge in [0, 0.05) is 13.0 Å². The van der Waals surface area contributed by atoms with Crippen molar-refractivity contribution in [1.82, 2.24) is 4.90 Å². The highest BCUT2D eigenvalue weighted by molar-refractivity contribution is 5.69. The number of likely N-dealkylation sites (tertiary alicyclic amines) is 1. The van der Waals surface area contributed by atoms with Crippen molar-refractivity contribution in [2.45, 2.75) is 19.8 Å². The molecule has 0 amide bonds. The number of nitrogens with zero attached hydrogens (tertiary/aromatic N) is 1. The van der Waals surface area contributed by atoms with Crippen LogP contribution in [0.25, 0.3) is 0 Å². The molecule has 12 heavy (non-hydrogen) atoms. The van der Waals surface area contributed by atoms with Crippen molar-refractivity contribution in [3.8, 4) is 0 Å². The van der Waals surface area contributed by atoms with E-state index in [-0.39, 0.29) is 5.97 Å². The van der Waals surface area contributed by atoms with E-state index in [4.69, 9.17) is 4.74 Å². The van der Waals surface area contributed by atoms with E-state index < -0.39 is 0 Å². The molecule has 1 unspecified atom stereocenters. The molecule has 0 saturated carbocycles. The summed E-state index contributed by atoms with van der Waals surface area (Å²) in [7, 11) is 2.09. The molecule has 0 N–H and O–H groups in total. The first-order chi connectivity index (χ1) is 5.72. The molecule has 1 saturated heterocycles. The van der Waals surface area contributed by atoms with Gasteiger partial charge in [-0.05, 0) is 32.9 Å². The summed E-state index contributed by atoms with van der Waals surface area (Å²) in [5.74, 6) is 0.479. The second-order valence-corrected chi connectivity index (χ2v) is 3.43. The lowest BCUT2D eigenvalue weighted by Gasteiger charge is -2.08. The smallest absolute Gasteiger partial charge is 0.306 e. The highest BCUT2D eigenvalue weighted by Crippen LogP contribution is 2.18. The SMILES string of the molecule is CCOC(=O)CC1CCN(C)C1. The minimum atomic E-state index is -0.0437. The van der Waals surface area contributed by atoms with Gasteiger partial charge in [-0.3, -0.25) is 4.79 Å². The molecular weight excluding hydrogens is 154 g/mol. The zero-order valence-corrected chi connectivity index (χ0v) is 7.88. The van der Waals surface area contributed by atoms with Crippen LogP contribution in [0.1, 0.15) is 19.8 Å². The summed E-state index contributed by atoms with van der Waals surface area (Å²) in [5, 5.41) is 0. The van der Waals surface area contributed by atoms with Gasteiger partial charge in [0.2, 0.25) is 0 Å². The zero-order chi connectivity index (χ0) is 8.97. The lowest BCUT2D eigenvalue weighted by atomic mass is 10.1. The molecule has 1 atom stereocenters. The minimum absolute atomic E-state index is 0.0437. The maximum Gasteiger partial charge on any atom is 0.306 e. The van der Waals surface area contributed by atoms with E-state index in [2.05, 4.69) is 11.9 Å². The monoisotopic (exact) mass is 171 g/mol. The van der Waals surface area contributed by atoms with Gasteiger partial charge in [-0.15, -0.1) is 0 Å². The predicted molar refractivity (Wildman–Crippen MR) is 46.9 cm³/mol. The summed E-state index contributed by atoms with van der Waals surface area (Å²) in [4.78, 5) is 13.3. The van der Waals surface area contributed by atoms with Gasteiger partial charge in [0.25, 0.3) is 0 Å². The van der Waals surface area contributed by atoms with E-state index in [0.29, 0.717) is 18.9 Å². The van der Waals surface area contributed by atoms with Crippen molar-refractivity contribution >= 4 is 5.97 Å². The average Bonchev–Trinajstić information content (AvgIpc) is 2.36. The van der Waals surface area contributed by atoms with E-state index in [9.17, 15) is 4.79 Å². The summed E-state index contributed by atoms with van der Waals surface area (Å²) in [6, 6.07) is 0. The van der Waals surface area contributed by atoms with Crippen molar-refractivity contribution in [3.05, 3.63) is 0 Å². The Bertz CT molecular complexity index is 159. The lowest BCUT2D eigenvalue weighted by Crippen LogP contribution is -2.16. The summed E-state index contributed by atoms with van der Waals surface area (Å²) in [5.41, 5.74) is 0. The molecule has 0 aromatic heterocycles. The molecular formula is C9H17NO2. The van der Waals surface area contributed by atoms with Gasteiger partial charge in [0.1, 0.15) is 0 Å². The van der Waals surface area contributed by atoms with Gasteiger partial charge in [-0.1, -0.05) is 0 Å². The van der Waals surface area contributed by atoms with E-state index >= 15 is 0 Å². The second kappa shape index (κ2) is 4.45. The Morgan fingerprint density at radius 1 is 1.67 bits per heavy atom. The molecule has 1 rings (SSSR count). The quantitative estimate of drug-likeness (QED) is 0.591. The molecule has 70 valence electrons. The Kier molecular flexibility index (Phi) is 3.53. The van der Waals surface area contributed by atoms with Gasteiger partial charge in [-0.25, -0.2) is 0 Å². The predicted octanol–water partition coefficient (Wildman–Crippen LogP) is 0.891. The number of hydrogen-bond acceptors (Lipinski definition) is 3. The Morgan fingerprint density at radius 3 is 2.92 bits per heavy atom. The second-order valence-electron chi connectivity index (χ2n) is 3.43. The van der Waals surface area contributed by atoms with E-state index in [1.807, 2.05) is 6.92 Å². The fourth-order valence-corrected chi connectivity index (χ4v) is 1.65. The standard InChI is InChI=1S/C9H17NO2/c1-3-12-9(11)6-8-4-5-10(2)7-8/h8H,3-7H2,1-2H3. The fourth-order valence-electron chi connectivity index (χ4n) is 1.65. The maximum absolute atomic E-state index is 11.1. The topological polar surface area (TPSA) is 29.5 Å². The number of carbonyl (C=O) groups excluding carboxylic acids is 1. The van der Waals surface area contributed by atoms with Crippen LogP contribution in [-0.2, 0) is 9.53 Å². The molecule has 3 heteroatoms. The number of ether oxygens (including phenoxy) is 1. The van der Waals surface area contributed by atoms with Crippen molar-refractivity contribution in [2.24, 2.45) is 5.92 Å². The van der Waals surface area contributed by atoms with Crippen LogP contribution in [-0.4, -0.2) is 37.6 Å². The first kappa shape index (κ1) is 9.52. The Hall–Kier alpha value is -0.570. The van der Waals surface area contributed by atoms with Gasteiger partial charge >= 0.3 is 5.97 Å². The molecule has 0 radical (unpaired) electrons. The first-order valence-corrected chi connectivity index (χ1v) is 4.56. The van der Waals surface area contributed by atoms with E-state index in [0.717, 1.165) is 19.5 Å². The van der Waals surface area contributed by atoms with Crippen molar-refractivity contribution in [1.29, 1.82) is 0 Å². The highest BCUT2D eigenvalue weighted by Gasteiger charge is 2.22. The highest BCUT2D eigenvalue weighted by atomic mass is 16.5. The summed E-state index contributed by atoms with van der Waals surface area (Å²) in [6.45, 7) is 4.50. The van der Waals surface area contributed by atoms with E-state index in [1.54, 1.807) is 0 Å². The van der Waals surface area contributed by atoms with Crippen LogP contribution in [0.4, 0.5) is 0 Å². The Labute approximate surface area is 73.7 Å². The molecule has 1 fully saturated rings. The minimum Gasteiger partial charge on any atom is -0.466 e. The number of rotatable bonds is 3. The van der Waals surface area contributed by atoms with Gasteiger partial charge in [0.05, 0.1) is 6.61 Å². The molecule has 1 aliphatic rings. The van der Waals surface area contributed by atoms with Gasteiger partial charge in [-0.2, -0.15) is 0 Å². The van der Waals surface area contributed by atoms with Crippen molar-refractivity contribution < 1.29 is 9.53 Å². The third-order valence-electron chi connectivity index (χ3n) is 2.25. The summed E-state index contributed by atoms with van der Waals surface area (Å²) >= 11 is 0. The Balaban J connectivity index is 2.18. The number of carbonyl (C=O) groups is 1. The fraction of sp³-hybridized carbons (Fsp3) is 0.889. The largest absolute Gasteiger partial charge is 0.466 e. The Morgan fingerprint density at radius 2 is 2.42 bits per heavy atom. The third kappa shape index (κ3) is 2.81. The summed E-state index contributed by atoms with van der Waals surface area (Å²) < 4.78 is 4.88. The molecule has 0 bridgehead atoms. The number of hydrogen-bond donors (Lipinski definition) is 0. The van der Waals surface area contributed by atoms with Crippen molar-refractivity contribution in [3.63, 3.8) is 0 Å². The van der Waals surface area contributed by atoms with E-state index in [1.165, 1.54) is 0 Å². The zero-order valence-electron chi connectivity index (χ0n) is 7.88. The van der Waals surface area contributed by atoms with Crippen LogP contribution in [0.15, 0.2) is 0 Å². The molecule has 0 aromatic rings. The summed E-state index contributed by atoms with van der Waals surface area (Å²) in [6.07, 6.45) is 1.73. The van der Waals surface area contributed by atoms with Gasteiger partial charge in [0.15, 0.2) is 0 Å². The molecule has 1 aliphatic heterocycles. The lowest BCUT2D eigenvalue weighted by molar-refractivity contribution is -0.144. The van der Waals surface area contributed by atoms with Crippen LogP contribution in [0.3, 0.4) is 0 Å². The molecule has 0 aromatic carbocycles. The van der Waals surface area contributed by atoms with Crippen LogP contribution >= 0.6 is 0 Å². The maximum atomic E-state index is 11.1. The van der Waals surface area contributed by atoms with Crippen LogP contribution < -0.4 is 0 Å². The number of esters is 1. The molecule has 3 nitrogen and oxygen atoms in total.